The first-order valence-corrected chi connectivity index (χ1v) is 7.42. The minimum absolute atomic E-state index is 0.258. The average molecular weight is 274 g/mol. The van der Waals surface area contributed by atoms with E-state index in [0.717, 1.165) is 31.1 Å². The van der Waals surface area contributed by atoms with Crippen LogP contribution in [0.3, 0.4) is 0 Å². The highest BCUT2D eigenvalue weighted by atomic mass is 19.1. The number of halogens is 1. The lowest BCUT2D eigenvalue weighted by molar-refractivity contribution is 0.313. The molecule has 1 atom stereocenters. The van der Waals surface area contributed by atoms with Crippen molar-refractivity contribution < 1.29 is 4.39 Å². The molecule has 1 unspecified atom stereocenters. The van der Waals surface area contributed by atoms with Crippen LogP contribution in [0.2, 0.25) is 0 Å². The lowest BCUT2D eigenvalue weighted by Crippen LogP contribution is -2.20. The van der Waals surface area contributed by atoms with E-state index in [1.165, 1.54) is 25.3 Å². The van der Waals surface area contributed by atoms with Gasteiger partial charge in [-0.2, -0.15) is 0 Å². The minimum Gasteiger partial charge on any atom is -0.320 e. The summed E-state index contributed by atoms with van der Waals surface area (Å²) < 4.78 is 13.6. The van der Waals surface area contributed by atoms with Crippen LogP contribution in [0.4, 0.5) is 4.39 Å². The van der Waals surface area contributed by atoms with Crippen LogP contribution in [0, 0.1) is 23.6 Å². The van der Waals surface area contributed by atoms with Gasteiger partial charge in [0, 0.05) is 13.1 Å². The number of hydrogen-bond donors (Lipinski definition) is 1. The van der Waals surface area contributed by atoms with Crippen molar-refractivity contribution in [3.05, 3.63) is 35.1 Å². The maximum atomic E-state index is 13.6. The van der Waals surface area contributed by atoms with Crippen LogP contribution >= 0.6 is 0 Å². The average Bonchev–Trinajstić information content (AvgIpc) is 2.87. The van der Waals surface area contributed by atoms with Crippen molar-refractivity contribution in [1.82, 2.24) is 4.90 Å². The van der Waals surface area contributed by atoms with E-state index in [9.17, 15) is 4.39 Å². The summed E-state index contributed by atoms with van der Waals surface area (Å²) in [6.07, 6.45) is 3.86. The van der Waals surface area contributed by atoms with Crippen molar-refractivity contribution in [3.63, 3.8) is 0 Å². The molecule has 0 bridgehead atoms. The van der Waals surface area contributed by atoms with Gasteiger partial charge in [-0.25, -0.2) is 4.39 Å². The van der Waals surface area contributed by atoms with E-state index in [1.54, 1.807) is 0 Å². The fraction of sp³-hybridized carbons (Fsp3) is 0.529. The lowest BCUT2D eigenvalue weighted by atomic mass is 10.0. The molecule has 1 aromatic rings. The predicted octanol–water partition coefficient (Wildman–Crippen LogP) is 2.76. The zero-order valence-corrected chi connectivity index (χ0v) is 12.2. The lowest BCUT2D eigenvalue weighted by Gasteiger charge is -2.16. The molecular formula is C17H23FN2. The van der Waals surface area contributed by atoms with Gasteiger partial charge < -0.3 is 5.73 Å². The molecule has 3 heteroatoms. The monoisotopic (exact) mass is 274 g/mol. The molecule has 2 N–H and O–H groups in total. The Bertz CT molecular complexity index is 501. The molecule has 0 aromatic heterocycles. The first-order valence-electron chi connectivity index (χ1n) is 7.42. The number of nitrogens with zero attached hydrogens (tertiary/aromatic N) is 1. The third-order valence-electron chi connectivity index (χ3n) is 3.83. The summed E-state index contributed by atoms with van der Waals surface area (Å²) in [5.41, 5.74) is 6.92. The maximum absolute atomic E-state index is 13.6. The van der Waals surface area contributed by atoms with Gasteiger partial charge in [-0.05, 0) is 43.0 Å². The molecule has 0 radical (unpaired) electrons. The van der Waals surface area contributed by atoms with Crippen LogP contribution in [0.15, 0.2) is 18.2 Å². The Labute approximate surface area is 121 Å². The van der Waals surface area contributed by atoms with Gasteiger partial charge in [0.05, 0.1) is 12.1 Å². The maximum Gasteiger partial charge on any atom is 0.138 e. The predicted molar refractivity (Wildman–Crippen MR) is 80.6 cm³/mol. The van der Waals surface area contributed by atoms with E-state index < -0.39 is 0 Å². The standard InChI is InChI=1S/C17H23FN2/c1-2-4-14-8-10-20(12-14)13-15-6-7-17(18)16(11-15)5-3-9-19/h6-7,11,14H,2,4,8-10,12-13,19H2,1H3. The summed E-state index contributed by atoms with van der Waals surface area (Å²) in [4.78, 5) is 2.45. The number of benzene rings is 1. The van der Waals surface area contributed by atoms with Crippen molar-refractivity contribution in [2.24, 2.45) is 11.7 Å². The molecule has 1 heterocycles. The molecule has 1 aromatic carbocycles. The molecular weight excluding hydrogens is 251 g/mol. The van der Waals surface area contributed by atoms with Gasteiger partial charge in [0.25, 0.3) is 0 Å². The second-order valence-electron chi connectivity index (χ2n) is 5.50. The smallest absolute Gasteiger partial charge is 0.138 e. The quantitative estimate of drug-likeness (QED) is 0.855. The molecule has 1 aliphatic rings. The van der Waals surface area contributed by atoms with Crippen molar-refractivity contribution in [2.75, 3.05) is 19.6 Å². The molecule has 0 saturated carbocycles. The first-order chi connectivity index (χ1) is 9.72. The van der Waals surface area contributed by atoms with Crippen molar-refractivity contribution >= 4 is 0 Å². The minimum atomic E-state index is -0.264. The van der Waals surface area contributed by atoms with E-state index in [2.05, 4.69) is 23.7 Å². The number of likely N-dealkylation sites (tertiary alicyclic amines) is 1. The second-order valence-corrected chi connectivity index (χ2v) is 5.50. The van der Waals surface area contributed by atoms with Crippen LogP contribution in [0.5, 0.6) is 0 Å². The van der Waals surface area contributed by atoms with Gasteiger partial charge in [-0.1, -0.05) is 31.3 Å². The van der Waals surface area contributed by atoms with Gasteiger partial charge in [0.1, 0.15) is 5.82 Å². The highest BCUT2D eigenvalue weighted by Gasteiger charge is 2.21. The molecule has 0 aliphatic carbocycles. The summed E-state index contributed by atoms with van der Waals surface area (Å²) >= 11 is 0. The van der Waals surface area contributed by atoms with Crippen molar-refractivity contribution in [3.8, 4) is 11.8 Å². The van der Waals surface area contributed by atoms with Gasteiger partial charge in [-0.15, -0.1) is 0 Å². The van der Waals surface area contributed by atoms with Gasteiger partial charge in [0.2, 0.25) is 0 Å². The third kappa shape index (κ3) is 4.06. The van der Waals surface area contributed by atoms with E-state index >= 15 is 0 Å². The summed E-state index contributed by atoms with van der Waals surface area (Å²) in [7, 11) is 0. The molecule has 108 valence electrons. The van der Waals surface area contributed by atoms with Crippen LogP contribution in [-0.4, -0.2) is 24.5 Å². The zero-order valence-electron chi connectivity index (χ0n) is 12.2. The highest BCUT2D eigenvalue weighted by Crippen LogP contribution is 2.23. The fourth-order valence-corrected chi connectivity index (χ4v) is 2.87. The number of hydrogen-bond acceptors (Lipinski definition) is 2. The number of rotatable bonds is 4. The Balaban J connectivity index is 2.00. The van der Waals surface area contributed by atoms with E-state index in [0.29, 0.717) is 5.56 Å². The largest absolute Gasteiger partial charge is 0.320 e. The van der Waals surface area contributed by atoms with Gasteiger partial charge in [0.15, 0.2) is 0 Å². The Morgan fingerprint density at radius 3 is 3.05 bits per heavy atom. The molecule has 2 rings (SSSR count). The normalized spacial score (nSPS) is 18.9. The van der Waals surface area contributed by atoms with Crippen molar-refractivity contribution in [1.29, 1.82) is 0 Å². The molecule has 1 fully saturated rings. The molecule has 1 aliphatic heterocycles. The molecule has 2 nitrogen and oxygen atoms in total. The van der Waals surface area contributed by atoms with Crippen LogP contribution in [0.25, 0.3) is 0 Å². The molecule has 0 amide bonds. The Kier molecular flexibility index (Phi) is 5.58. The van der Waals surface area contributed by atoms with Gasteiger partial charge in [-0.3, -0.25) is 4.90 Å². The Morgan fingerprint density at radius 1 is 1.45 bits per heavy atom. The zero-order chi connectivity index (χ0) is 14.4. The molecule has 20 heavy (non-hydrogen) atoms. The van der Waals surface area contributed by atoms with Crippen LogP contribution in [0.1, 0.15) is 37.3 Å². The topological polar surface area (TPSA) is 29.3 Å². The highest BCUT2D eigenvalue weighted by molar-refractivity contribution is 5.38. The Morgan fingerprint density at radius 2 is 2.30 bits per heavy atom. The van der Waals surface area contributed by atoms with Crippen LogP contribution in [-0.2, 0) is 6.54 Å². The van der Waals surface area contributed by atoms with Crippen LogP contribution < -0.4 is 5.73 Å². The first kappa shape index (κ1) is 15.0. The fourth-order valence-electron chi connectivity index (χ4n) is 2.87. The van der Waals surface area contributed by atoms with E-state index in [1.807, 2.05) is 12.1 Å². The summed E-state index contributed by atoms with van der Waals surface area (Å²) in [5, 5.41) is 0. The molecule has 1 saturated heterocycles. The summed E-state index contributed by atoms with van der Waals surface area (Å²) in [5.74, 6) is 6.08. The summed E-state index contributed by atoms with van der Waals surface area (Å²) in [6.45, 7) is 5.69. The SMILES string of the molecule is CCCC1CCN(Cc2ccc(F)c(C#CCN)c2)C1. The second kappa shape index (κ2) is 7.42. The van der Waals surface area contributed by atoms with E-state index in [4.69, 9.17) is 5.73 Å². The Hall–Kier alpha value is -1.37. The summed E-state index contributed by atoms with van der Waals surface area (Å²) in [6, 6.07) is 5.22. The van der Waals surface area contributed by atoms with Crippen molar-refractivity contribution in [2.45, 2.75) is 32.7 Å². The molecule has 0 spiro atoms. The number of nitrogens with two attached hydrogens (primary N) is 1. The van der Waals surface area contributed by atoms with Gasteiger partial charge >= 0.3 is 0 Å². The third-order valence-corrected chi connectivity index (χ3v) is 3.83. The van der Waals surface area contributed by atoms with E-state index in [-0.39, 0.29) is 12.4 Å².